The van der Waals surface area contributed by atoms with Crippen LogP contribution in [0, 0.1) is 5.41 Å². The van der Waals surface area contributed by atoms with Gasteiger partial charge in [-0.05, 0) is 39.2 Å². The van der Waals surface area contributed by atoms with Crippen molar-refractivity contribution in [3.8, 4) is 0 Å². The van der Waals surface area contributed by atoms with Crippen LogP contribution in [0.4, 0.5) is 9.59 Å². The summed E-state index contributed by atoms with van der Waals surface area (Å²) in [4.78, 5) is 25.8. The van der Waals surface area contributed by atoms with Crippen molar-refractivity contribution in [3.63, 3.8) is 0 Å². The second kappa shape index (κ2) is 7.76. The Morgan fingerprint density at radius 3 is 2.33 bits per heavy atom. The first-order valence-corrected chi connectivity index (χ1v) is 9.45. The van der Waals surface area contributed by atoms with Gasteiger partial charge in [-0.1, -0.05) is 30.3 Å². The van der Waals surface area contributed by atoms with Crippen LogP contribution in [-0.4, -0.2) is 53.9 Å². The number of ether oxygens (including phenoxy) is 2. The largest absolute Gasteiger partial charge is 0.444 e. The summed E-state index contributed by atoms with van der Waals surface area (Å²) in [5.41, 5.74) is 3.45. The van der Waals surface area contributed by atoms with Crippen molar-refractivity contribution in [2.24, 2.45) is 5.41 Å². The SMILES string of the molecule is CC(C)(C)OC(=O)N1CCC2(CC1)CN(NC(=O)OCc1ccccc1)C2. The molecule has 2 fully saturated rings. The molecular weight excluding hydrogens is 346 g/mol. The molecule has 1 spiro atoms. The van der Waals surface area contributed by atoms with E-state index in [1.54, 1.807) is 4.90 Å². The summed E-state index contributed by atoms with van der Waals surface area (Å²) in [6.07, 6.45) is 1.17. The number of piperidine rings is 1. The van der Waals surface area contributed by atoms with Crippen molar-refractivity contribution in [3.05, 3.63) is 35.9 Å². The van der Waals surface area contributed by atoms with E-state index in [4.69, 9.17) is 9.47 Å². The maximum atomic E-state index is 12.1. The molecule has 0 aromatic heterocycles. The minimum atomic E-state index is -0.469. The minimum absolute atomic E-state index is 0.172. The Bertz CT molecular complexity index is 656. The number of benzene rings is 1. The first-order chi connectivity index (χ1) is 12.7. The molecule has 7 nitrogen and oxygen atoms in total. The fourth-order valence-corrected chi connectivity index (χ4v) is 3.53. The minimum Gasteiger partial charge on any atom is -0.444 e. The zero-order valence-corrected chi connectivity index (χ0v) is 16.4. The lowest BCUT2D eigenvalue weighted by Crippen LogP contribution is -2.65. The number of hydrazine groups is 1. The van der Waals surface area contributed by atoms with E-state index < -0.39 is 11.7 Å². The summed E-state index contributed by atoms with van der Waals surface area (Å²) in [5, 5.41) is 1.89. The number of amides is 2. The van der Waals surface area contributed by atoms with Crippen molar-refractivity contribution in [1.82, 2.24) is 15.3 Å². The average Bonchev–Trinajstić information content (AvgIpc) is 2.58. The number of carbonyl (C=O) groups is 2. The second-order valence-electron chi connectivity index (χ2n) is 8.50. The van der Waals surface area contributed by atoms with Gasteiger partial charge >= 0.3 is 12.2 Å². The number of hydrogen-bond donors (Lipinski definition) is 1. The number of nitrogens with one attached hydrogen (secondary N) is 1. The van der Waals surface area contributed by atoms with Crippen LogP contribution in [0.15, 0.2) is 30.3 Å². The van der Waals surface area contributed by atoms with Crippen LogP contribution in [0.2, 0.25) is 0 Å². The monoisotopic (exact) mass is 375 g/mol. The van der Waals surface area contributed by atoms with E-state index in [1.807, 2.05) is 56.1 Å². The lowest BCUT2D eigenvalue weighted by molar-refractivity contribution is -0.0737. The molecule has 2 aliphatic rings. The van der Waals surface area contributed by atoms with Gasteiger partial charge in [0.05, 0.1) is 0 Å². The predicted octanol–water partition coefficient (Wildman–Crippen LogP) is 3.16. The number of likely N-dealkylation sites (tertiary alicyclic amines) is 1. The molecule has 148 valence electrons. The smallest absolute Gasteiger partial charge is 0.422 e. The Labute approximate surface area is 160 Å². The standard InChI is InChI=1S/C20H29N3O4/c1-19(2,3)27-18(25)22-11-9-20(10-12-22)14-23(15-20)21-17(24)26-13-16-7-5-4-6-8-16/h4-8H,9-15H2,1-3H3,(H,21,24). The summed E-state index contributed by atoms with van der Waals surface area (Å²) in [6, 6.07) is 9.60. The van der Waals surface area contributed by atoms with Crippen LogP contribution in [0.25, 0.3) is 0 Å². The molecule has 2 saturated heterocycles. The highest BCUT2D eigenvalue weighted by molar-refractivity contribution is 5.68. The molecule has 1 aromatic rings. The highest BCUT2D eigenvalue weighted by Gasteiger charge is 2.46. The number of nitrogens with zero attached hydrogens (tertiary/aromatic N) is 2. The van der Waals surface area contributed by atoms with E-state index in [9.17, 15) is 9.59 Å². The summed E-state index contributed by atoms with van der Waals surface area (Å²) < 4.78 is 10.7. The van der Waals surface area contributed by atoms with Crippen LogP contribution < -0.4 is 5.43 Å². The van der Waals surface area contributed by atoms with E-state index in [0.29, 0.717) is 13.1 Å². The van der Waals surface area contributed by atoms with Crippen molar-refractivity contribution in [2.45, 2.75) is 45.8 Å². The molecule has 7 heteroatoms. The molecule has 0 bridgehead atoms. The van der Waals surface area contributed by atoms with Gasteiger partial charge in [-0.2, -0.15) is 0 Å². The van der Waals surface area contributed by atoms with Crippen molar-refractivity contribution in [1.29, 1.82) is 0 Å². The quantitative estimate of drug-likeness (QED) is 0.879. The number of hydrogen-bond acceptors (Lipinski definition) is 5. The molecule has 1 N–H and O–H groups in total. The van der Waals surface area contributed by atoms with Gasteiger partial charge in [0.15, 0.2) is 0 Å². The van der Waals surface area contributed by atoms with E-state index >= 15 is 0 Å². The van der Waals surface area contributed by atoms with Crippen LogP contribution in [0.1, 0.15) is 39.2 Å². The molecule has 0 radical (unpaired) electrons. The Kier molecular flexibility index (Phi) is 5.60. The maximum absolute atomic E-state index is 12.1. The Balaban J connectivity index is 1.36. The fourth-order valence-electron chi connectivity index (χ4n) is 3.53. The zero-order chi connectivity index (χ0) is 19.5. The first-order valence-electron chi connectivity index (χ1n) is 9.45. The lowest BCUT2D eigenvalue weighted by atomic mass is 9.73. The second-order valence-corrected chi connectivity index (χ2v) is 8.50. The van der Waals surface area contributed by atoms with E-state index in [1.165, 1.54) is 0 Å². The molecule has 0 atom stereocenters. The average molecular weight is 375 g/mol. The Hall–Kier alpha value is -2.28. The molecule has 0 aliphatic carbocycles. The van der Waals surface area contributed by atoms with E-state index in [2.05, 4.69) is 5.43 Å². The molecule has 3 rings (SSSR count). The van der Waals surface area contributed by atoms with Gasteiger partial charge in [0.2, 0.25) is 0 Å². The van der Waals surface area contributed by atoms with Crippen LogP contribution in [0.3, 0.4) is 0 Å². The van der Waals surface area contributed by atoms with Gasteiger partial charge in [-0.15, -0.1) is 0 Å². The molecule has 1 aromatic carbocycles. The van der Waals surface area contributed by atoms with E-state index in [0.717, 1.165) is 31.5 Å². The molecule has 27 heavy (non-hydrogen) atoms. The van der Waals surface area contributed by atoms with Crippen molar-refractivity contribution < 1.29 is 19.1 Å². The zero-order valence-electron chi connectivity index (χ0n) is 16.4. The summed E-state index contributed by atoms with van der Waals surface area (Å²) >= 11 is 0. The third-order valence-electron chi connectivity index (χ3n) is 4.99. The third kappa shape index (κ3) is 5.35. The normalized spacial score (nSPS) is 19.3. The van der Waals surface area contributed by atoms with Gasteiger partial charge < -0.3 is 14.4 Å². The molecule has 0 unspecified atom stereocenters. The topological polar surface area (TPSA) is 71.1 Å². The van der Waals surface area contributed by atoms with Crippen LogP contribution >= 0.6 is 0 Å². The molecular formula is C20H29N3O4. The fraction of sp³-hybridized carbons (Fsp3) is 0.600. The predicted molar refractivity (Wildman–Crippen MR) is 101 cm³/mol. The van der Waals surface area contributed by atoms with Gasteiger partial charge in [0.1, 0.15) is 12.2 Å². The number of rotatable bonds is 3. The lowest BCUT2D eigenvalue weighted by Gasteiger charge is -2.53. The van der Waals surface area contributed by atoms with Gasteiger partial charge in [-0.25, -0.2) is 14.6 Å². The summed E-state index contributed by atoms with van der Waals surface area (Å²) in [7, 11) is 0. The highest BCUT2D eigenvalue weighted by Crippen LogP contribution is 2.39. The van der Waals surface area contributed by atoms with Crippen LogP contribution in [-0.2, 0) is 16.1 Å². The maximum Gasteiger partial charge on any atom is 0.422 e. The van der Waals surface area contributed by atoms with Gasteiger partial charge in [0.25, 0.3) is 0 Å². The van der Waals surface area contributed by atoms with E-state index in [-0.39, 0.29) is 18.1 Å². The third-order valence-corrected chi connectivity index (χ3v) is 4.99. The van der Waals surface area contributed by atoms with Crippen molar-refractivity contribution >= 4 is 12.2 Å². The summed E-state index contributed by atoms with van der Waals surface area (Å²) in [6.45, 7) is 8.86. The molecule has 2 heterocycles. The Morgan fingerprint density at radius 1 is 1.11 bits per heavy atom. The highest BCUT2D eigenvalue weighted by atomic mass is 16.6. The summed E-state index contributed by atoms with van der Waals surface area (Å²) in [5.74, 6) is 0. The number of carbonyl (C=O) groups excluding carboxylic acids is 2. The molecule has 2 aliphatic heterocycles. The molecule has 2 amide bonds. The van der Waals surface area contributed by atoms with Crippen LogP contribution in [0.5, 0.6) is 0 Å². The van der Waals surface area contributed by atoms with Gasteiger partial charge in [0, 0.05) is 31.6 Å². The van der Waals surface area contributed by atoms with Crippen molar-refractivity contribution in [2.75, 3.05) is 26.2 Å². The first kappa shape index (κ1) is 19.5. The molecule has 0 saturated carbocycles. The van der Waals surface area contributed by atoms with Gasteiger partial charge in [-0.3, -0.25) is 5.43 Å². The Morgan fingerprint density at radius 2 is 1.74 bits per heavy atom.